The molecule has 0 bridgehead atoms. The number of hydrazone groups is 1. The number of aromatic amines is 1. The molecule has 132 valence electrons. The molecule has 0 fully saturated rings. The number of carbonyl (C=O) groups is 1. The van der Waals surface area contributed by atoms with E-state index < -0.39 is 0 Å². The fraction of sp³-hybridized carbons (Fsp3) is 0.294. The molecule has 8 heteroatoms. The SMILES string of the molecule is COC(=O)c1ccc(CCC/C(C)=N/Nc2cc(=O)[nH]c(N)n2)cc1. The van der Waals surface area contributed by atoms with Crippen LogP contribution >= 0.6 is 0 Å². The molecule has 0 saturated carbocycles. The molecule has 8 nitrogen and oxygen atoms in total. The number of ether oxygens (including phenoxy) is 1. The van der Waals surface area contributed by atoms with Crippen LogP contribution in [0.25, 0.3) is 0 Å². The molecule has 25 heavy (non-hydrogen) atoms. The number of anilines is 2. The second kappa shape index (κ2) is 8.62. The van der Waals surface area contributed by atoms with Crippen LogP contribution in [0.5, 0.6) is 0 Å². The average Bonchev–Trinajstić information content (AvgIpc) is 2.59. The van der Waals surface area contributed by atoms with Crippen LogP contribution in [0.4, 0.5) is 11.8 Å². The molecule has 2 aromatic rings. The van der Waals surface area contributed by atoms with Crippen LogP contribution < -0.4 is 16.7 Å². The number of aromatic nitrogens is 2. The maximum absolute atomic E-state index is 11.4. The first kappa shape index (κ1) is 18.2. The summed E-state index contributed by atoms with van der Waals surface area (Å²) in [5, 5.41) is 4.19. The minimum Gasteiger partial charge on any atom is -0.465 e. The molecule has 0 atom stereocenters. The van der Waals surface area contributed by atoms with E-state index in [1.807, 2.05) is 19.1 Å². The fourth-order valence-electron chi connectivity index (χ4n) is 2.22. The Morgan fingerprint density at radius 1 is 1.36 bits per heavy atom. The third-order valence-corrected chi connectivity index (χ3v) is 3.50. The second-order valence-corrected chi connectivity index (χ2v) is 5.52. The number of nitrogen functional groups attached to an aromatic ring is 1. The number of nitrogens with one attached hydrogen (secondary N) is 2. The molecular weight excluding hydrogens is 322 g/mol. The van der Waals surface area contributed by atoms with Gasteiger partial charge in [0.1, 0.15) is 0 Å². The van der Waals surface area contributed by atoms with Crippen molar-refractivity contribution in [2.24, 2.45) is 5.10 Å². The van der Waals surface area contributed by atoms with Gasteiger partial charge in [-0.3, -0.25) is 15.2 Å². The standard InChI is InChI=1S/C17H21N5O3/c1-11(21-22-14-10-15(23)20-17(18)19-14)4-3-5-12-6-8-13(9-7-12)16(24)25-2/h6-10H,3-5H2,1-2H3,(H4,18,19,20,22,23)/b21-11+. The summed E-state index contributed by atoms with van der Waals surface area (Å²) in [6.45, 7) is 1.89. The smallest absolute Gasteiger partial charge is 0.337 e. The summed E-state index contributed by atoms with van der Waals surface area (Å²) in [6, 6.07) is 8.63. The van der Waals surface area contributed by atoms with Crippen molar-refractivity contribution in [2.45, 2.75) is 26.2 Å². The van der Waals surface area contributed by atoms with Gasteiger partial charge in [-0.15, -0.1) is 0 Å². The number of carbonyl (C=O) groups excluding carboxylic acids is 1. The second-order valence-electron chi connectivity index (χ2n) is 5.52. The summed E-state index contributed by atoms with van der Waals surface area (Å²) in [4.78, 5) is 28.9. The Morgan fingerprint density at radius 3 is 2.72 bits per heavy atom. The Labute approximate surface area is 145 Å². The lowest BCUT2D eigenvalue weighted by molar-refractivity contribution is 0.0600. The largest absolute Gasteiger partial charge is 0.465 e. The maximum atomic E-state index is 11.4. The van der Waals surface area contributed by atoms with Gasteiger partial charge in [0.15, 0.2) is 5.82 Å². The highest BCUT2D eigenvalue weighted by Crippen LogP contribution is 2.09. The van der Waals surface area contributed by atoms with E-state index in [-0.39, 0.29) is 17.5 Å². The van der Waals surface area contributed by atoms with Crippen molar-refractivity contribution in [2.75, 3.05) is 18.3 Å². The highest BCUT2D eigenvalue weighted by Gasteiger charge is 2.04. The topological polar surface area (TPSA) is 122 Å². The van der Waals surface area contributed by atoms with Crippen LogP contribution in [0.2, 0.25) is 0 Å². The number of H-pyrrole nitrogens is 1. The Morgan fingerprint density at radius 2 is 2.08 bits per heavy atom. The lowest BCUT2D eigenvalue weighted by atomic mass is 10.0. The Kier molecular flexibility index (Phi) is 6.27. The molecule has 0 radical (unpaired) electrons. The van der Waals surface area contributed by atoms with Crippen molar-refractivity contribution in [3.8, 4) is 0 Å². The summed E-state index contributed by atoms with van der Waals surface area (Å²) < 4.78 is 4.67. The number of rotatable bonds is 7. The van der Waals surface area contributed by atoms with Crippen molar-refractivity contribution in [1.82, 2.24) is 9.97 Å². The molecule has 1 heterocycles. The van der Waals surface area contributed by atoms with Crippen LogP contribution in [0, 0.1) is 0 Å². The maximum Gasteiger partial charge on any atom is 0.337 e. The average molecular weight is 343 g/mol. The fourth-order valence-corrected chi connectivity index (χ4v) is 2.22. The van der Waals surface area contributed by atoms with Crippen molar-refractivity contribution in [3.63, 3.8) is 0 Å². The Bertz CT molecular complexity index is 812. The first-order valence-electron chi connectivity index (χ1n) is 7.81. The molecule has 4 N–H and O–H groups in total. The number of nitrogens with two attached hydrogens (primary N) is 1. The van der Waals surface area contributed by atoms with Gasteiger partial charge < -0.3 is 10.5 Å². The lowest BCUT2D eigenvalue weighted by Gasteiger charge is -2.05. The number of nitrogens with zero attached hydrogens (tertiary/aromatic N) is 2. The van der Waals surface area contributed by atoms with E-state index in [0.717, 1.165) is 30.5 Å². The molecule has 0 spiro atoms. The minimum absolute atomic E-state index is 0.0401. The Hall–Kier alpha value is -3.16. The zero-order chi connectivity index (χ0) is 18.2. The van der Waals surface area contributed by atoms with Crippen LogP contribution in [0.15, 0.2) is 40.2 Å². The van der Waals surface area contributed by atoms with E-state index in [2.05, 4.69) is 25.2 Å². The van der Waals surface area contributed by atoms with Gasteiger partial charge in [0, 0.05) is 11.8 Å². The van der Waals surface area contributed by atoms with Crippen LogP contribution in [0.3, 0.4) is 0 Å². The number of methoxy groups -OCH3 is 1. The van der Waals surface area contributed by atoms with Crippen molar-refractivity contribution in [3.05, 3.63) is 51.8 Å². The quantitative estimate of drug-likeness (QED) is 0.401. The molecule has 2 rings (SSSR count). The highest BCUT2D eigenvalue weighted by atomic mass is 16.5. The Balaban J connectivity index is 1.82. The number of hydrogen-bond donors (Lipinski definition) is 3. The zero-order valence-corrected chi connectivity index (χ0v) is 14.2. The zero-order valence-electron chi connectivity index (χ0n) is 14.2. The molecule has 0 saturated heterocycles. The summed E-state index contributed by atoms with van der Waals surface area (Å²) in [7, 11) is 1.36. The summed E-state index contributed by atoms with van der Waals surface area (Å²) >= 11 is 0. The van der Waals surface area contributed by atoms with Crippen molar-refractivity contribution in [1.29, 1.82) is 0 Å². The van der Waals surface area contributed by atoms with Gasteiger partial charge in [-0.05, 0) is 43.9 Å². The number of benzene rings is 1. The lowest BCUT2D eigenvalue weighted by Crippen LogP contribution is -2.11. The number of hydrogen-bond acceptors (Lipinski definition) is 7. The van der Waals surface area contributed by atoms with Crippen LogP contribution in [-0.4, -0.2) is 28.8 Å². The third-order valence-electron chi connectivity index (χ3n) is 3.50. The van der Waals surface area contributed by atoms with Crippen LogP contribution in [-0.2, 0) is 11.2 Å². The van der Waals surface area contributed by atoms with Gasteiger partial charge in [-0.1, -0.05) is 12.1 Å². The monoisotopic (exact) mass is 343 g/mol. The van der Waals surface area contributed by atoms with Gasteiger partial charge in [0.2, 0.25) is 5.95 Å². The predicted octanol–water partition coefficient (Wildman–Crippen LogP) is 1.95. The van der Waals surface area contributed by atoms with E-state index in [1.165, 1.54) is 13.2 Å². The van der Waals surface area contributed by atoms with E-state index in [0.29, 0.717) is 11.4 Å². The molecule has 0 amide bonds. The first-order valence-corrected chi connectivity index (χ1v) is 7.81. The normalized spacial score (nSPS) is 11.2. The molecule has 1 aromatic carbocycles. The van der Waals surface area contributed by atoms with Gasteiger partial charge >= 0.3 is 5.97 Å². The summed E-state index contributed by atoms with van der Waals surface area (Å²) in [5.41, 5.74) is 10.4. The van der Waals surface area contributed by atoms with Gasteiger partial charge in [-0.2, -0.15) is 10.1 Å². The van der Waals surface area contributed by atoms with Crippen molar-refractivity contribution >= 4 is 23.4 Å². The molecule has 0 aliphatic carbocycles. The van der Waals surface area contributed by atoms with E-state index >= 15 is 0 Å². The molecule has 0 unspecified atom stereocenters. The molecule has 0 aliphatic rings. The molecular formula is C17H21N5O3. The first-order chi connectivity index (χ1) is 12.0. The minimum atomic E-state index is -0.338. The summed E-state index contributed by atoms with van der Waals surface area (Å²) in [6.07, 6.45) is 2.55. The third kappa shape index (κ3) is 5.76. The summed E-state index contributed by atoms with van der Waals surface area (Å²) in [5.74, 6) is 0.00634. The van der Waals surface area contributed by atoms with Gasteiger partial charge in [0.25, 0.3) is 5.56 Å². The van der Waals surface area contributed by atoms with Crippen LogP contribution in [0.1, 0.15) is 35.7 Å². The highest BCUT2D eigenvalue weighted by molar-refractivity contribution is 5.89. The molecule has 0 aliphatic heterocycles. The van der Waals surface area contributed by atoms with Crippen molar-refractivity contribution < 1.29 is 9.53 Å². The van der Waals surface area contributed by atoms with Gasteiger partial charge in [-0.25, -0.2) is 4.79 Å². The van der Waals surface area contributed by atoms with E-state index in [1.54, 1.807) is 12.1 Å². The number of aryl methyl sites for hydroxylation is 1. The van der Waals surface area contributed by atoms with E-state index in [9.17, 15) is 9.59 Å². The van der Waals surface area contributed by atoms with Gasteiger partial charge in [0.05, 0.1) is 12.7 Å². The molecule has 1 aromatic heterocycles. The predicted molar refractivity (Wildman–Crippen MR) is 96.7 cm³/mol. The number of esters is 1. The van der Waals surface area contributed by atoms with E-state index in [4.69, 9.17) is 5.73 Å².